The Bertz CT molecular complexity index is 677. The third-order valence-electron chi connectivity index (χ3n) is 4.84. The molecule has 1 fully saturated rings. The number of benzene rings is 1. The summed E-state index contributed by atoms with van der Waals surface area (Å²) in [6, 6.07) is 5.95. The normalized spacial score (nSPS) is 20.0. The van der Waals surface area contributed by atoms with Gasteiger partial charge in [0.15, 0.2) is 17.5 Å². The smallest absolute Gasteiger partial charge is 0.310 e. The fraction of sp³-hybridized carbons (Fsp3) is 0.600. The van der Waals surface area contributed by atoms with E-state index in [-0.39, 0.29) is 11.9 Å². The van der Waals surface area contributed by atoms with Crippen LogP contribution >= 0.6 is 0 Å². The molecule has 7 heteroatoms. The number of guanidine groups is 1. The topological polar surface area (TPSA) is 72.4 Å². The molecule has 27 heavy (non-hydrogen) atoms. The number of para-hydroxylation sites is 1. The van der Waals surface area contributed by atoms with E-state index >= 15 is 0 Å². The Labute approximate surface area is 160 Å². The highest BCUT2D eigenvalue weighted by Gasteiger charge is 2.28. The van der Waals surface area contributed by atoms with Crippen molar-refractivity contribution < 1.29 is 19.0 Å². The van der Waals surface area contributed by atoms with Crippen LogP contribution in [0.4, 0.5) is 0 Å². The highest BCUT2D eigenvalue weighted by Crippen LogP contribution is 2.33. The van der Waals surface area contributed by atoms with Gasteiger partial charge in [0.1, 0.15) is 0 Å². The van der Waals surface area contributed by atoms with Gasteiger partial charge in [-0.2, -0.15) is 0 Å². The van der Waals surface area contributed by atoms with Crippen molar-refractivity contribution in [3.05, 3.63) is 23.8 Å². The third-order valence-corrected chi connectivity index (χ3v) is 4.84. The van der Waals surface area contributed by atoms with Crippen LogP contribution in [0.2, 0.25) is 0 Å². The first-order valence-electron chi connectivity index (χ1n) is 9.72. The number of carbonyl (C=O) groups excluding carboxylic acids is 1. The number of hydrogen-bond acceptors (Lipinski definition) is 5. The second-order valence-electron chi connectivity index (χ2n) is 6.73. The molecule has 2 aliphatic heterocycles. The molecular formula is C20H29N3O4. The maximum Gasteiger partial charge on any atom is 0.310 e. The summed E-state index contributed by atoms with van der Waals surface area (Å²) in [5.74, 6) is 2.18. The minimum Gasteiger partial charge on any atom is -0.490 e. The van der Waals surface area contributed by atoms with Crippen LogP contribution < -0.4 is 14.8 Å². The Morgan fingerprint density at radius 1 is 1.33 bits per heavy atom. The number of piperidine rings is 1. The number of esters is 1. The molecule has 1 aromatic rings. The van der Waals surface area contributed by atoms with Gasteiger partial charge in [0, 0.05) is 38.7 Å². The minimum atomic E-state index is -0.114. The van der Waals surface area contributed by atoms with E-state index < -0.39 is 0 Å². The van der Waals surface area contributed by atoms with Gasteiger partial charge in [-0.05, 0) is 25.8 Å². The monoisotopic (exact) mass is 375 g/mol. The van der Waals surface area contributed by atoms with Crippen LogP contribution in [0.1, 0.15) is 31.7 Å². The average Bonchev–Trinajstić information content (AvgIpc) is 2.95. The molecule has 0 aromatic heterocycles. The van der Waals surface area contributed by atoms with Crippen molar-refractivity contribution in [3.8, 4) is 11.5 Å². The molecule has 0 aliphatic carbocycles. The largest absolute Gasteiger partial charge is 0.490 e. The van der Waals surface area contributed by atoms with E-state index in [9.17, 15) is 4.79 Å². The average molecular weight is 375 g/mol. The van der Waals surface area contributed by atoms with E-state index in [0.29, 0.717) is 32.9 Å². The number of hydrogen-bond donors (Lipinski definition) is 1. The predicted octanol–water partition coefficient (Wildman–Crippen LogP) is 2.20. The van der Waals surface area contributed by atoms with Crippen LogP contribution in [0.25, 0.3) is 0 Å². The number of ether oxygens (including phenoxy) is 3. The maximum atomic E-state index is 12.1. The summed E-state index contributed by atoms with van der Waals surface area (Å²) in [7, 11) is 1.77. The number of rotatable bonds is 4. The van der Waals surface area contributed by atoms with Crippen molar-refractivity contribution in [2.24, 2.45) is 10.9 Å². The zero-order chi connectivity index (χ0) is 19.1. The molecule has 1 atom stereocenters. The first-order valence-corrected chi connectivity index (χ1v) is 9.72. The molecule has 1 saturated heterocycles. The Hall–Kier alpha value is -2.44. The molecular weight excluding hydrogens is 346 g/mol. The molecule has 1 aromatic carbocycles. The fourth-order valence-electron chi connectivity index (χ4n) is 3.52. The fourth-order valence-corrected chi connectivity index (χ4v) is 3.52. The Kier molecular flexibility index (Phi) is 6.79. The van der Waals surface area contributed by atoms with Crippen LogP contribution in [0, 0.1) is 5.92 Å². The lowest BCUT2D eigenvalue weighted by molar-refractivity contribution is -0.149. The molecule has 2 heterocycles. The summed E-state index contributed by atoms with van der Waals surface area (Å²) in [5.41, 5.74) is 1.04. The van der Waals surface area contributed by atoms with E-state index in [2.05, 4.69) is 15.2 Å². The summed E-state index contributed by atoms with van der Waals surface area (Å²) in [5, 5.41) is 3.41. The predicted molar refractivity (Wildman–Crippen MR) is 103 cm³/mol. The molecule has 7 nitrogen and oxygen atoms in total. The van der Waals surface area contributed by atoms with Gasteiger partial charge in [-0.15, -0.1) is 0 Å². The van der Waals surface area contributed by atoms with Crippen molar-refractivity contribution in [2.75, 3.05) is 40.0 Å². The summed E-state index contributed by atoms with van der Waals surface area (Å²) in [4.78, 5) is 18.6. The molecule has 0 radical (unpaired) electrons. The third kappa shape index (κ3) is 4.84. The van der Waals surface area contributed by atoms with E-state index in [0.717, 1.165) is 48.8 Å². The molecule has 0 spiro atoms. The van der Waals surface area contributed by atoms with Crippen molar-refractivity contribution in [2.45, 2.75) is 32.7 Å². The molecule has 0 saturated carbocycles. The zero-order valence-electron chi connectivity index (χ0n) is 16.2. The Morgan fingerprint density at radius 3 is 3.00 bits per heavy atom. The van der Waals surface area contributed by atoms with Crippen LogP contribution in [0.3, 0.4) is 0 Å². The SMILES string of the molecule is CCOC(=O)[C@@H]1CCCN(C(=NC)NCc2cccc3c2OCCCO3)C1. The van der Waals surface area contributed by atoms with Crippen molar-refractivity contribution in [1.82, 2.24) is 10.2 Å². The number of likely N-dealkylation sites (tertiary alicyclic amines) is 1. The van der Waals surface area contributed by atoms with Crippen LogP contribution in [0.5, 0.6) is 11.5 Å². The highest BCUT2D eigenvalue weighted by atomic mass is 16.5. The molecule has 3 rings (SSSR count). The summed E-state index contributed by atoms with van der Waals surface area (Å²) in [6.07, 6.45) is 2.69. The van der Waals surface area contributed by atoms with E-state index in [1.165, 1.54) is 0 Å². The molecule has 2 aliphatic rings. The second kappa shape index (κ2) is 9.48. The first kappa shape index (κ1) is 19.3. The molecule has 0 bridgehead atoms. The summed E-state index contributed by atoms with van der Waals surface area (Å²) >= 11 is 0. The number of nitrogens with one attached hydrogen (secondary N) is 1. The van der Waals surface area contributed by atoms with Gasteiger partial charge in [-0.25, -0.2) is 0 Å². The standard InChI is InChI=1S/C20H29N3O4/c1-3-25-19(24)16-8-5-10-23(14-16)20(21-2)22-13-15-7-4-9-17-18(15)27-12-6-11-26-17/h4,7,9,16H,3,5-6,8,10-14H2,1-2H3,(H,21,22)/t16-/m1/s1. The molecule has 148 valence electrons. The summed E-state index contributed by atoms with van der Waals surface area (Å²) < 4.78 is 16.8. The minimum absolute atomic E-state index is 0.0954. The van der Waals surface area contributed by atoms with E-state index in [1.807, 2.05) is 25.1 Å². The van der Waals surface area contributed by atoms with Crippen molar-refractivity contribution >= 4 is 11.9 Å². The van der Waals surface area contributed by atoms with E-state index in [4.69, 9.17) is 14.2 Å². The molecule has 0 unspecified atom stereocenters. The van der Waals surface area contributed by atoms with E-state index in [1.54, 1.807) is 7.05 Å². The quantitative estimate of drug-likeness (QED) is 0.494. The lowest BCUT2D eigenvalue weighted by Gasteiger charge is -2.34. The van der Waals surface area contributed by atoms with Gasteiger partial charge >= 0.3 is 5.97 Å². The summed E-state index contributed by atoms with van der Waals surface area (Å²) in [6.45, 7) is 5.69. The Morgan fingerprint density at radius 2 is 2.19 bits per heavy atom. The lowest BCUT2D eigenvalue weighted by Crippen LogP contribution is -2.48. The van der Waals surface area contributed by atoms with Crippen LogP contribution in [0.15, 0.2) is 23.2 Å². The molecule has 0 amide bonds. The highest BCUT2D eigenvalue weighted by molar-refractivity contribution is 5.81. The van der Waals surface area contributed by atoms with Crippen LogP contribution in [-0.4, -0.2) is 56.8 Å². The lowest BCUT2D eigenvalue weighted by atomic mass is 9.98. The van der Waals surface area contributed by atoms with Gasteiger partial charge in [0.25, 0.3) is 0 Å². The number of carbonyl (C=O) groups is 1. The Balaban J connectivity index is 1.64. The maximum absolute atomic E-state index is 12.1. The number of fused-ring (bicyclic) bond motifs is 1. The van der Waals surface area contributed by atoms with Gasteiger partial charge < -0.3 is 24.4 Å². The zero-order valence-corrected chi connectivity index (χ0v) is 16.2. The second-order valence-corrected chi connectivity index (χ2v) is 6.73. The number of aliphatic imine (C=N–C) groups is 1. The first-order chi connectivity index (χ1) is 13.2. The van der Waals surface area contributed by atoms with Gasteiger partial charge in [0.05, 0.1) is 25.7 Å². The van der Waals surface area contributed by atoms with Gasteiger partial charge in [-0.1, -0.05) is 12.1 Å². The van der Waals surface area contributed by atoms with Crippen molar-refractivity contribution in [1.29, 1.82) is 0 Å². The number of nitrogens with zero attached hydrogens (tertiary/aromatic N) is 2. The van der Waals surface area contributed by atoms with Gasteiger partial charge in [0.2, 0.25) is 0 Å². The van der Waals surface area contributed by atoms with Crippen LogP contribution in [-0.2, 0) is 16.1 Å². The van der Waals surface area contributed by atoms with Gasteiger partial charge in [-0.3, -0.25) is 9.79 Å². The van der Waals surface area contributed by atoms with Crippen molar-refractivity contribution in [3.63, 3.8) is 0 Å². The molecule has 1 N–H and O–H groups in total.